The van der Waals surface area contributed by atoms with E-state index in [1.807, 2.05) is 23.7 Å². The number of rotatable bonds is 4. The smallest absolute Gasteiger partial charge is 0.251 e. The summed E-state index contributed by atoms with van der Waals surface area (Å²) in [5.74, 6) is 0.342. The minimum Gasteiger partial charge on any atom is -0.396 e. The zero-order chi connectivity index (χ0) is 15.5. The number of benzene rings is 1. The van der Waals surface area contributed by atoms with Crippen molar-refractivity contribution in [2.24, 2.45) is 5.92 Å². The van der Waals surface area contributed by atoms with Crippen LogP contribution < -0.4 is 5.32 Å². The molecule has 1 aliphatic rings. The van der Waals surface area contributed by atoms with Gasteiger partial charge < -0.3 is 10.4 Å². The number of carbonyl (C=O) groups is 1. The summed E-state index contributed by atoms with van der Waals surface area (Å²) in [5, 5.41) is 20.4. The number of hydrogen-bond acceptors (Lipinski definition) is 4. The van der Waals surface area contributed by atoms with Gasteiger partial charge in [0.15, 0.2) is 0 Å². The van der Waals surface area contributed by atoms with E-state index in [1.165, 1.54) is 0 Å². The lowest BCUT2D eigenvalue weighted by molar-refractivity contribution is 0.0914. The van der Waals surface area contributed by atoms with E-state index in [-0.39, 0.29) is 18.6 Å². The molecule has 1 fully saturated rings. The summed E-state index contributed by atoms with van der Waals surface area (Å²) in [7, 11) is 0. The van der Waals surface area contributed by atoms with Gasteiger partial charge in [-0.1, -0.05) is 5.21 Å². The Morgan fingerprint density at radius 1 is 1.36 bits per heavy atom. The average Bonchev–Trinajstić information content (AvgIpc) is 2.97. The molecule has 0 bridgehead atoms. The van der Waals surface area contributed by atoms with Crippen LogP contribution >= 0.6 is 0 Å². The van der Waals surface area contributed by atoms with Gasteiger partial charge in [0.1, 0.15) is 5.52 Å². The standard InChI is InChI=1S/C16H22N4O2/c1-2-20-15-8-5-12(9-14(15)18-19-20)16(22)17-13-6-3-11(10-21)4-7-13/h5,8-9,11,13,21H,2-4,6-7,10H2,1H3,(H,17,22). The molecule has 0 atom stereocenters. The van der Waals surface area contributed by atoms with Gasteiger partial charge in [-0.2, -0.15) is 0 Å². The number of amides is 1. The summed E-state index contributed by atoms with van der Waals surface area (Å²) >= 11 is 0. The van der Waals surface area contributed by atoms with E-state index in [0.717, 1.165) is 43.3 Å². The van der Waals surface area contributed by atoms with Gasteiger partial charge in [-0.05, 0) is 56.7 Å². The third-order valence-corrected chi connectivity index (χ3v) is 4.52. The summed E-state index contributed by atoms with van der Waals surface area (Å²) in [6, 6.07) is 5.73. The molecule has 1 aromatic heterocycles. The molecular weight excluding hydrogens is 280 g/mol. The van der Waals surface area contributed by atoms with Crippen LogP contribution in [0.25, 0.3) is 11.0 Å². The first-order chi connectivity index (χ1) is 10.7. The van der Waals surface area contributed by atoms with Crippen LogP contribution in [0.4, 0.5) is 0 Å². The molecule has 0 aliphatic heterocycles. The lowest BCUT2D eigenvalue weighted by Gasteiger charge is -2.27. The molecule has 0 saturated heterocycles. The summed E-state index contributed by atoms with van der Waals surface area (Å²) < 4.78 is 1.81. The van der Waals surface area contributed by atoms with E-state index in [2.05, 4.69) is 15.6 Å². The average molecular weight is 302 g/mol. The number of nitrogens with zero attached hydrogens (tertiary/aromatic N) is 3. The molecule has 1 aliphatic carbocycles. The number of aliphatic hydroxyl groups is 1. The minimum atomic E-state index is -0.0552. The van der Waals surface area contributed by atoms with E-state index >= 15 is 0 Å². The molecule has 1 aromatic carbocycles. The Bertz CT molecular complexity index is 659. The van der Waals surface area contributed by atoms with E-state index in [4.69, 9.17) is 5.11 Å². The van der Waals surface area contributed by atoms with Crippen molar-refractivity contribution in [1.29, 1.82) is 0 Å². The Morgan fingerprint density at radius 2 is 2.14 bits per heavy atom. The Labute approximate surface area is 129 Å². The number of hydrogen-bond donors (Lipinski definition) is 2. The molecule has 22 heavy (non-hydrogen) atoms. The number of nitrogens with one attached hydrogen (secondary N) is 1. The zero-order valence-corrected chi connectivity index (χ0v) is 12.8. The topological polar surface area (TPSA) is 80.0 Å². The molecule has 2 aromatic rings. The maximum Gasteiger partial charge on any atom is 0.251 e. The molecule has 0 spiro atoms. The van der Waals surface area contributed by atoms with Crippen molar-refractivity contribution in [2.45, 2.75) is 45.2 Å². The molecule has 6 nitrogen and oxygen atoms in total. The Morgan fingerprint density at radius 3 is 2.82 bits per heavy atom. The number of fused-ring (bicyclic) bond motifs is 1. The molecule has 1 amide bonds. The molecule has 6 heteroatoms. The largest absolute Gasteiger partial charge is 0.396 e. The molecule has 0 radical (unpaired) electrons. The second kappa shape index (κ2) is 6.44. The van der Waals surface area contributed by atoms with Gasteiger partial charge in [-0.3, -0.25) is 4.79 Å². The molecular formula is C16H22N4O2. The van der Waals surface area contributed by atoms with E-state index in [9.17, 15) is 4.79 Å². The normalized spacial score (nSPS) is 21.9. The van der Waals surface area contributed by atoms with Crippen LogP contribution in [-0.2, 0) is 6.54 Å². The quantitative estimate of drug-likeness (QED) is 0.901. The number of aliphatic hydroxyl groups excluding tert-OH is 1. The fraction of sp³-hybridized carbons (Fsp3) is 0.562. The first-order valence-corrected chi connectivity index (χ1v) is 7.96. The van der Waals surface area contributed by atoms with Crippen molar-refractivity contribution < 1.29 is 9.90 Å². The molecule has 1 heterocycles. The highest BCUT2D eigenvalue weighted by Crippen LogP contribution is 2.24. The Balaban J connectivity index is 1.67. The van der Waals surface area contributed by atoms with Crippen LogP contribution in [0.5, 0.6) is 0 Å². The van der Waals surface area contributed by atoms with Crippen LogP contribution in [0.15, 0.2) is 18.2 Å². The minimum absolute atomic E-state index is 0.0552. The van der Waals surface area contributed by atoms with E-state index in [1.54, 1.807) is 6.07 Å². The van der Waals surface area contributed by atoms with Crippen LogP contribution in [0, 0.1) is 5.92 Å². The third kappa shape index (κ3) is 2.97. The van der Waals surface area contributed by atoms with Gasteiger partial charge in [0.2, 0.25) is 0 Å². The second-order valence-corrected chi connectivity index (χ2v) is 5.98. The fourth-order valence-electron chi connectivity index (χ4n) is 3.11. The van der Waals surface area contributed by atoms with Crippen molar-refractivity contribution in [3.05, 3.63) is 23.8 Å². The van der Waals surface area contributed by atoms with Crippen molar-refractivity contribution in [2.75, 3.05) is 6.61 Å². The highest BCUT2D eigenvalue weighted by Gasteiger charge is 2.22. The van der Waals surface area contributed by atoms with Crippen LogP contribution in [0.2, 0.25) is 0 Å². The van der Waals surface area contributed by atoms with Crippen molar-refractivity contribution in [3.63, 3.8) is 0 Å². The molecule has 1 saturated carbocycles. The molecule has 3 rings (SSSR count). The van der Waals surface area contributed by atoms with Gasteiger partial charge in [0.05, 0.1) is 5.52 Å². The highest BCUT2D eigenvalue weighted by molar-refractivity contribution is 5.97. The summed E-state index contributed by atoms with van der Waals surface area (Å²) in [5.41, 5.74) is 2.32. The van der Waals surface area contributed by atoms with Crippen LogP contribution in [-0.4, -0.2) is 38.7 Å². The van der Waals surface area contributed by atoms with Crippen LogP contribution in [0.3, 0.4) is 0 Å². The predicted octanol–water partition coefficient (Wildman–Crippen LogP) is 1.73. The summed E-state index contributed by atoms with van der Waals surface area (Å²) in [4.78, 5) is 12.4. The number of carbonyl (C=O) groups excluding carboxylic acids is 1. The van der Waals surface area contributed by atoms with E-state index < -0.39 is 0 Å². The van der Waals surface area contributed by atoms with Gasteiger partial charge >= 0.3 is 0 Å². The van der Waals surface area contributed by atoms with Crippen molar-refractivity contribution in [1.82, 2.24) is 20.3 Å². The Hall–Kier alpha value is -1.95. The fourth-order valence-corrected chi connectivity index (χ4v) is 3.11. The summed E-state index contributed by atoms with van der Waals surface area (Å²) in [6.45, 7) is 3.03. The van der Waals surface area contributed by atoms with Gasteiger partial charge in [-0.25, -0.2) is 4.68 Å². The van der Waals surface area contributed by atoms with Crippen molar-refractivity contribution >= 4 is 16.9 Å². The molecule has 118 valence electrons. The predicted molar refractivity (Wildman–Crippen MR) is 83.5 cm³/mol. The maximum absolute atomic E-state index is 12.4. The Kier molecular flexibility index (Phi) is 4.38. The van der Waals surface area contributed by atoms with Gasteiger partial charge in [0, 0.05) is 24.8 Å². The highest BCUT2D eigenvalue weighted by atomic mass is 16.3. The van der Waals surface area contributed by atoms with Crippen LogP contribution in [0.1, 0.15) is 43.0 Å². The zero-order valence-electron chi connectivity index (χ0n) is 12.8. The van der Waals surface area contributed by atoms with Gasteiger partial charge in [-0.15, -0.1) is 5.10 Å². The van der Waals surface area contributed by atoms with E-state index in [0.29, 0.717) is 11.5 Å². The second-order valence-electron chi connectivity index (χ2n) is 5.98. The lowest BCUT2D eigenvalue weighted by Crippen LogP contribution is -2.38. The first-order valence-electron chi connectivity index (χ1n) is 7.96. The number of aromatic nitrogens is 3. The number of aryl methyl sites for hydroxylation is 1. The summed E-state index contributed by atoms with van der Waals surface area (Å²) in [6.07, 6.45) is 3.83. The monoisotopic (exact) mass is 302 g/mol. The lowest BCUT2D eigenvalue weighted by atomic mass is 9.86. The molecule has 0 unspecified atom stereocenters. The third-order valence-electron chi connectivity index (χ3n) is 4.52. The first kappa shape index (κ1) is 15.0. The SMILES string of the molecule is CCn1nnc2cc(C(=O)NC3CCC(CO)CC3)ccc21. The molecule has 2 N–H and O–H groups in total. The maximum atomic E-state index is 12.4. The van der Waals surface area contributed by atoms with Crippen molar-refractivity contribution in [3.8, 4) is 0 Å². The van der Waals surface area contributed by atoms with Gasteiger partial charge in [0.25, 0.3) is 5.91 Å².